The molecule has 8 heteroatoms. The minimum absolute atomic E-state index is 0.0236. The summed E-state index contributed by atoms with van der Waals surface area (Å²) in [6.45, 7) is 1.84. The predicted octanol–water partition coefficient (Wildman–Crippen LogP) is 1.05. The summed E-state index contributed by atoms with van der Waals surface area (Å²) in [4.78, 5) is 37.5. The fraction of sp³-hybridized carbons (Fsp3) is 0.400. The number of hydrogen-bond donors (Lipinski definition) is 1. The average molecular weight is 380 g/mol. The van der Waals surface area contributed by atoms with Gasteiger partial charge in [-0.3, -0.25) is 19.5 Å². The first-order valence-corrected chi connectivity index (χ1v) is 9.14. The van der Waals surface area contributed by atoms with E-state index in [4.69, 9.17) is 5.26 Å². The smallest absolute Gasteiger partial charge is 0.253 e. The summed E-state index contributed by atoms with van der Waals surface area (Å²) in [6, 6.07) is 10.5. The maximum atomic E-state index is 12.7. The lowest BCUT2D eigenvalue weighted by Gasteiger charge is -2.24. The Balaban J connectivity index is 1.64. The highest BCUT2D eigenvalue weighted by molar-refractivity contribution is 5.94. The third-order valence-corrected chi connectivity index (χ3v) is 4.95. The third-order valence-electron chi connectivity index (χ3n) is 4.95. The van der Waals surface area contributed by atoms with Crippen molar-refractivity contribution in [3.63, 3.8) is 0 Å². The van der Waals surface area contributed by atoms with Crippen LogP contribution >= 0.6 is 0 Å². The Morgan fingerprint density at radius 1 is 1.32 bits per heavy atom. The number of aromatic amines is 1. The van der Waals surface area contributed by atoms with Crippen molar-refractivity contribution in [3.05, 3.63) is 57.5 Å². The topological polar surface area (TPSA) is 96.3 Å². The number of hydrogen-bond acceptors (Lipinski definition) is 6. The molecule has 2 heterocycles. The van der Waals surface area contributed by atoms with E-state index in [2.05, 4.69) is 20.9 Å². The summed E-state index contributed by atoms with van der Waals surface area (Å²) < 4.78 is 0. The fourth-order valence-corrected chi connectivity index (χ4v) is 3.33. The van der Waals surface area contributed by atoms with E-state index < -0.39 is 0 Å². The number of aromatic nitrogens is 2. The molecule has 1 amide bonds. The standard InChI is InChI=1S/C20H24N6O2/c1-24(2)20-22-16(10-18(27)23-20)12-25(3)17-8-9-26(13-17)19(28)15-6-4-14(11-21)5-7-15/h4-7,10,17H,8-9,12-13H2,1-3H3,(H,22,23,27)/t17-/m0/s1. The van der Waals surface area contributed by atoms with Gasteiger partial charge < -0.3 is 9.80 Å². The molecule has 0 radical (unpaired) electrons. The Kier molecular flexibility index (Phi) is 5.76. The number of anilines is 1. The molecule has 1 atom stereocenters. The molecule has 3 rings (SSSR count). The molecule has 1 N–H and O–H groups in total. The minimum atomic E-state index is -0.175. The van der Waals surface area contributed by atoms with Crippen LogP contribution in [0.25, 0.3) is 0 Å². The first kappa shape index (κ1) is 19.6. The van der Waals surface area contributed by atoms with Crippen molar-refractivity contribution in [2.75, 3.05) is 39.1 Å². The molecule has 1 aliphatic rings. The molecular weight excluding hydrogens is 356 g/mol. The van der Waals surface area contributed by atoms with E-state index >= 15 is 0 Å². The van der Waals surface area contributed by atoms with Crippen molar-refractivity contribution < 1.29 is 4.79 Å². The number of rotatable bonds is 5. The quantitative estimate of drug-likeness (QED) is 0.833. The van der Waals surface area contributed by atoms with Crippen molar-refractivity contribution in [2.45, 2.75) is 19.0 Å². The monoisotopic (exact) mass is 380 g/mol. The lowest BCUT2D eigenvalue weighted by molar-refractivity contribution is 0.0779. The molecule has 0 aliphatic carbocycles. The molecule has 1 aromatic heterocycles. The molecule has 0 saturated carbocycles. The van der Waals surface area contributed by atoms with Gasteiger partial charge >= 0.3 is 0 Å². The zero-order valence-electron chi connectivity index (χ0n) is 16.3. The summed E-state index contributed by atoms with van der Waals surface area (Å²) in [6.07, 6.45) is 0.863. The van der Waals surface area contributed by atoms with E-state index in [9.17, 15) is 9.59 Å². The number of nitriles is 1. The van der Waals surface area contributed by atoms with Gasteiger partial charge in [0.25, 0.3) is 11.5 Å². The van der Waals surface area contributed by atoms with Crippen molar-refractivity contribution in [3.8, 4) is 6.07 Å². The molecule has 0 unspecified atom stereocenters. The SMILES string of the molecule is CN(C)c1nc(CN(C)[C@H]2CCN(C(=O)c3ccc(C#N)cc3)C2)cc(=O)[nH]1. The second-order valence-electron chi connectivity index (χ2n) is 7.25. The van der Waals surface area contributed by atoms with E-state index in [-0.39, 0.29) is 17.5 Å². The highest BCUT2D eigenvalue weighted by atomic mass is 16.2. The Labute approximate surface area is 164 Å². The molecule has 8 nitrogen and oxygen atoms in total. The Morgan fingerprint density at radius 3 is 2.68 bits per heavy atom. The molecule has 2 aromatic rings. The van der Waals surface area contributed by atoms with Crippen LogP contribution < -0.4 is 10.5 Å². The maximum absolute atomic E-state index is 12.7. The van der Waals surface area contributed by atoms with Crippen molar-refractivity contribution >= 4 is 11.9 Å². The first-order valence-electron chi connectivity index (χ1n) is 9.14. The molecular formula is C20H24N6O2. The van der Waals surface area contributed by atoms with Crippen LogP contribution in [0.15, 0.2) is 35.1 Å². The van der Waals surface area contributed by atoms with E-state index in [0.717, 1.165) is 6.42 Å². The number of carbonyl (C=O) groups excluding carboxylic acids is 1. The lowest BCUT2D eigenvalue weighted by Crippen LogP contribution is -2.36. The van der Waals surface area contributed by atoms with Crippen LogP contribution in [0.5, 0.6) is 0 Å². The van der Waals surface area contributed by atoms with Crippen LogP contribution in [0.4, 0.5) is 5.95 Å². The Bertz CT molecular complexity index is 944. The van der Waals surface area contributed by atoms with Crippen LogP contribution in [0.3, 0.4) is 0 Å². The second kappa shape index (κ2) is 8.23. The Hall–Kier alpha value is -3.18. The van der Waals surface area contributed by atoms with Gasteiger partial charge in [-0.1, -0.05) is 0 Å². The van der Waals surface area contributed by atoms with Crippen molar-refractivity contribution in [2.24, 2.45) is 0 Å². The summed E-state index contributed by atoms with van der Waals surface area (Å²) >= 11 is 0. The third kappa shape index (κ3) is 4.38. The summed E-state index contributed by atoms with van der Waals surface area (Å²) in [5.74, 6) is 0.504. The van der Waals surface area contributed by atoms with Gasteiger partial charge in [0.2, 0.25) is 5.95 Å². The molecule has 1 saturated heterocycles. The lowest BCUT2D eigenvalue weighted by atomic mass is 10.1. The van der Waals surface area contributed by atoms with Crippen LogP contribution in [-0.2, 0) is 6.54 Å². The summed E-state index contributed by atoms with van der Waals surface area (Å²) in [5.41, 5.74) is 1.66. The number of nitrogens with zero attached hydrogens (tertiary/aromatic N) is 5. The average Bonchev–Trinajstić information content (AvgIpc) is 3.17. The van der Waals surface area contributed by atoms with Crippen molar-refractivity contribution in [1.29, 1.82) is 5.26 Å². The largest absolute Gasteiger partial charge is 0.348 e. The maximum Gasteiger partial charge on any atom is 0.253 e. The number of amides is 1. The molecule has 1 aromatic carbocycles. The molecule has 146 valence electrons. The molecule has 0 spiro atoms. The van der Waals surface area contributed by atoms with Crippen LogP contribution in [0.2, 0.25) is 0 Å². The summed E-state index contributed by atoms with van der Waals surface area (Å²) in [7, 11) is 5.64. The molecule has 28 heavy (non-hydrogen) atoms. The zero-order chi connectivity index (χ0) is 20.3. The van der Waals surface area contributed by atoms with Gasteiger partial charge in [-0.05, 0) is 37.7 Å². The van der Waals surface area contributed by atoms with Gasteiger partial charge in [0.1, 0.15) is 0 Å². The molecule has 1 aliphatic heterocycles. The van der Waals surface area contributed by atoms with Gasteiger partial charge in [0, 0.05) is 51.4 Å². The predicted molar refractivity (Wildman–Crippen MR) is 106 cm³/mol. The van der Waals surface area contributed by atoms with E-state index in [1.807, 2.05) is 26.0 Å². The van der Waals surface area contributed by atoms with Gasteiger partial charge in [-0.15, -0.1) is 0 Å². The molecule has 1 fully saturated rings. The number of carbonyl (C=O) groups is 1. The number of likely N-dealkylation sites (tertiary alicyclic amines) is 1. The van der Waals surface area contributed by atoms with Crippen LogP contribution in [-0.4, -0.2) is 65.9 Å². The second-order valence-corrected chi connectivity index (χ2v) is 7.25. The van der Waals surface area contributed by atoms with Gasteiger partial charge in [-0.25, -0.2) is 4.98 Å². The summed E-state index contributed by atoms with van der Waals surface area (Å²) in [5, 5.41) is 8.88. The minimum Gasteiger partial charge on any atom is -0.348 e. The number of nitrogens with one attached hydrogen (secondary N) is 1. The van der Waals surface area contributed by atoms with Gasteiger partial charge in [0.15, 0.2) is 0 Å². The number of likely N-dealkylation sites (N-methyl/N-ethyl adjacent to an activating group) is 1. The fourth-order valence-electron chi connectivity index (χ4n) is 3.33. The van der Waals surface area contributed by atoms with E-state index in [1.54, 1.807) is 29.2 Å². The number of H-pyrrole nitrogens is 1. The van der Waals surface area contributed by atoms with Crippen LogP contribution in [0.1, 0.15) is 28.0 Å². The Morgan fingerprint density at radius 2 is 2.04 bits per heavy atom. The zero-order valence-corrected chi connectivity index (χ0v) is 16.3. The van der Waals surface area contributed by atoms with E-state index in [1.165, 1.54) is 6.07 Å². The van der Waals surface area contributed by atoms with Crippen molar-refractivity contribution in [1.82, 2.24) is 19.8 Å². The molecule has 0 bridgehead atoms. The van der Waals surface area contributed by atoms with Crippen LogP contribution in [0, 0.1) is 11.3 Å². The van der Waals surface area contributed by atoms with Gasteiger partial charge in [0.05, 0.1) is 17.3 Å². The first-order chi connectivity index (χ1) is 13.4. The normalized spacial score (nSPS) is 16.2. The highest BCUT2D eigenvalue weighted by Gasteiger charge is 2.29. The van der Waals surface area contributed by atoms with Gasteiger partial charge in [-0.2, -0.15) is 5.26 Å². The number of benzene rings is 1. The highest BCUT2D eigenvalue weighted by Crippen LogP contribution is 2.19. The van der Waals surface area contributed by atoms with E-state index in [0.29, 0.717) is 42.4 Å².